The molecule has 1 aromatic rings. The number of rotatable bonds is 4. The smallest absolute Gasteiger partial charge is 0.128 e. The SMILES string of the molecule is CC(C)NCC1(c2c(F)cccc2Cl)CCCCCC1. The summed E-state index contributed by atoms with van der Waals surface area (Å²) in [5.41, 5.74) is 0.583. The highest BCUT2D eigenvalue weighted by molar-refractivity contribution is 6.31. The first-order valence-electron chi connectivity index (χ1n) is 7.73. The predicted octanol–water partition coefficient (Wildman–Crippen LogP) is 5.07. The molecule has 0 aliphatic heterocycles. The molecular weight excluding hydrogens is 273 g/mol. The average molecular weight is 298 g/mol. The zero-order chi connectivity index (χ0) is 14.6. The Labute approximate surface area is 126 Å². The van der Waals surface area contributed by atoms with Gasteiger partial charge >= 0.3 is 0 Å². The quantitative estimate of drug-likeness (QED) is 0.765. The van der Waals surface area contributed by atoms with Gasteiger partial charge in [-0.2, -0.15) is 0 Å². The topological polar surface area (TPSA) is 12.0 Å². The summed E-state index contributed by atoms with van der Waals surface area (Å²) in [4.78, 5) is 0. The highest BCUT2D eigenvalue weighted by atomic mass is 35.5. The van der Waals surface area contributed by atoms with Gasteiger partial charge in [0.1, 0.15) is 5.82 Å². The Kier molecular flexibility index (Phi) is 5.45. The van der Waals surface area contributed by atoms with E-state index >= 15 is 0 Å². The molecule has 0 atom stereocenters. The molecule has 0 aromatic heterocycles. The van der Waals surface area contributed by atoms with Crippen LogP contribution in [0.3, 0.4) is 0 Å². The van der Waals surface area contributed by atoms with E-state index in [4.69, 9.17) is 11.6 Å². The summed E-state index contributed by atoms with van der Waals surface area (Å²) in [5.74, 6) is -0.148. The van der Waals surface area contributed by atoms with Crippen molar-refractivity contribution in [3.05, 3.63) is 34.6 Å². The molecule has 112 valence electrons. The van der Waals surface area contributed by atoms with Crippen molar-refractivity contribution in [3.63, 3.8) is 0 Å². The second kappa shape index (κ2) is 6.91. The maximum absolute atomic E-state index is 14.4. The molecule has 0 spiro atoms. The van der Waals surface area contributed by atoms with Crippen LogP contribution in [0.5, 0.6) is 0 Å². The molecule has 1 aliphatic carbocycles. The molecule has 0 radical (unpaired) electrons. The van der Waals surface area contributed by atoms with E-state index in [1.807, 2.05) is 6.07 Å². The molecule has 1 aliphatic rings. The first-order chi connectivity index (χ1) is 9.55. The van der Waals surface area contributed by atoms with Crippen LogP contribution in [0.2, 0.25) is 5.02 Å². The third-order valence-corrected chi connectivity index (χ3v) is 4.72. The van der Waals surface area contributed by atoms with Crippen LogP contribution in [-0.2, 0) is 5.41 Å². The molecule has 1 saturated carbocycles. The van der Waals surface area contributed by atoms with Crippen LogP contribution in [0.15, 0.2) is 18.2 Å². The lowest BCUT2D eigenvalue weighted by atomic mass is 9.73. The van der Waals surface area contributed by atoms with Gasteiger partial charge in [0.15, 0.2) is 0 Å². The van der Waals surface area contributed by atoms with E-state index < -0.39 is 0 Å². The van der Waals surface area contributed by atoms with Crippen molar-refractivity contribution in [1.29, 1.82) is 0 Å². The molecule has 3 heteroatoms. The second-order valence-corrected chi connectivity index (χ2v) is 6.73. The fraction of sp³-hybridized carbons (Fsp3) is 0.647. The standard InChI is InChI=1S/C17H25ClFN/c1-13(2)20-12-17(10-5-3-4-6-11-17)16-14(18)8-7-9-15(16)19/h7-9,13,20H,3-6,10-12H2,1-2H3. The Morgan fingerprint density at radius 3 is 2.40 bits per heavy atom. The summed E-state index contributed by atoms with van der Waals surface area (Å²) in [6, 6.07) is 5.47. The maximum atomic E-state index is 14.4. The van der Waals surface area contributed by atoms with Crippen molar-refractivity contribution in [1.82, 2.24) is 5.32 Å². The van der Waals surface area contributed by atoms with E-state index in [0.717, 1.165) is 37.8 Å². The predicted molar refractivity (Wildman–Crippen MR) is 83.9 cm³/mol. The molecule has 1 nitrogen and oxygen atoms in total. The minimum atomic E-state index is -0.150. The molecule has 0 saturated heterocycles. The van der Waals surface area contributed by atoms with E-state index in [1.165, 1.54) is 12.8 Å². The van der Waals surface area contributed by atoms with Crippen LogP contribution in [0, 0.1) is 5.82 Å². The van der Waals surface area contributed by atoms with E-state index in [0.29, 0.717) is 11.1 Å². The molecule has 1 fully saturated rings. The van der Waals surface area contributed by atoms with Crippen LogP contribution >= 0.6 is 11.6 Å². The molecule has 0 bridgehead atoms. The zero-order valence-electron chi connectivity index (χ0n) is 12.5. The van der Waals surface area contributed by atoms with Crippen molar-refractivity contribution < 1.29 is 4.39 Å². The number of benzene rings is 1. The van der Waals surface area contributed by atoms with Gasteiger partial charge < -0.3 is 5.32 Å². The number of nitrogens with one attached hydrogen (secondary N) is 1. The summed E-state index contributed by atoms with van der Waals surface area (Å²) in [5, 5.41) is 4.09. The third kappa shape index (κ3) is 3.53. The fourth-order valence-electron chi connectivity index (χ4n) is 3.32. The van der Waals surface area contributed by atoms with Gasteiger partial charge in [-0.25, -0.2) is 4.39 Å². The minimum Gasteiger partial charge on any atom is -0.314 e. The lowest BCUT2D eigenvalue weighted by Crippen LogP contribution is -2.41. The van der Waals surface area contributed by atoms with E-state index in [-0.39, 0.29) is 11.2 Å². The molecule has 0 amide bonds. The normalized spacial score (nSPS) is 19.1. The largest absolute Gasteiger partial charge is 0.314 e. The third-order valence-electron chi connectivity index (χ3n) is 4.40. The lowest BCUT2D eigenvalue weighted by molar-refractivity contribution is 0.324. The Morgan fingerprint density at radius 2 is 1.85 bits per heavy atom. The molecule has 1 aromatic carbocycles. The van der Waals surface area contributed by atoms with Gasteiger partial charge in [-0.05, 0) is 25.0 Å². The summed E-state index contributed by atoms with van der Waals surface area (Å²) in [6.45, 7) is 5.08. The summed E-state index contributed by atoms with van der Waals surface area (Å²) >= 11 is 6.35. The van der Waals surface area contributed by atoms with Crippen molar-refractivity contribution >= 4 is 11.6 Å². The van der Waals surface area contributed by atoms with Crippen LogP contribution in [-0.4, -0.2) is 12.6 Å². The van der Waals surface area contributed by atoms with Crippen molar-refractivity contribution in [3.8, 4) is 0 Å². The van der Waals surface area contributed by atoms with Gasteiger partial charge in [0, 0.05) is 28.6 Å². The zero-order valence-corrected chi connectivity index (χ0v) is 13.3. The van der Waals surface area contributed by atoms with Crippen LogP contribution < -0.4 is 5.32 Å². The van der Waals surface area contributed by atoms with Gasteiger partial charge in [0.05, 0.1) is 0 Å². The molecule has 20 heavy (non-hydrogen) atoms. The summed E-state index contributed by atoms with van der Waals surface area (Å²) < 4.78 is 14.4. The van der Waals surface area contributed by atoms with Gasteiger partial charge in [-0.1, -0.05) is 57.2 Å². The molecule has 1 N–H and O–H groups in total. The highest BCUT2D eigenvalue weighted by Gasteiger charge is 2.36. The average Bonchev–Trinajstić information content (AvgIpc) is 2.63. The Balaban J connectivity index is 2.38. The Morgan fingerprint density at radius 1 is 1.20 bits per heavy atom. The molecule has 0 heterocycles. The van der Waals surface area contributed by atoms with Gasteiger partial charge in [0.25, 0.3) is 0 Å². The van der Waals surface area contributed by atoms with E-state index in [9.17, 15) is 4.39 Å². The summed E-state index contributed by atoms with van der Waals surface area (Å²) in [7, 11) is 0. The van der Waals surface area contributed by atoms with Crippen LogP contribution in [0.1, 0.15) is 57.9 Å². The first-order valence-corrected chi connectivity index (χ1v) is 8.11. The molecular formula is C17H25ClFN. The van der Waals surface area contributed by atoms with Gasteiger partial charge in [0.2, 0.25) is 0 Å². The highest BCUT2D eigenvalue weighted by Crippen LogP contribution is 2.42. The van der Waals surface area contributed by atoms with Crippen molar-refractivity contribution in [2.45, 2.75) is 63.8 Å². The monoisotopic (exact) mass is 297 g/mol. The van der Waals surface area contributed by atoms with Gasteiger partial charge in [-0.3, -0.25) is 0 Å². The number of hydrogen-bond acceptors (Lipinski definition) is 1. The van der Waals surface area contributed by atoms with Crippen LogP contribution in [0.25, 0.3) is 0 Å². The first kappa shape index (κ1) is 15.8. The van der Waals surface area contributed by atoms with E-state index in [1.54, 1.807) is 12.1 Å². The number of hydrogen-bond donors (Lipinski definition) is 1. The van der Waals surface area contributed by atoms with Crippen LogP contribution in [0.4, 0.5) is 4.39 Å². The minimum absolute atomic E-state index is 0.148. The maximum Gasteiger partial charge on any atom is 0.128 e. The van der Waals surface area contributed by atoms with Crippen molar-refractivity contribution in [2.24, 2.45) is 0 Å². The Bertz CT molecular complexity index is 416. The fourth-order valence-corrected chi connectivity index (χ4v) is 3.69. The Hall–Kier alpha value is -0.600. The number of halogens is 2. The van der Waals surface area contributed by atoms with Crippen molar-refractivity contribution in [2.75, 3.05) is 6.54 Å². The molecule has 0 unspecified atom stereocenters. The second-order valence-electron chi connectivity index (χ2n) is 6.33. The lowest BCUT2D eigenvalue weighted by Gasteiger charge is -2.35. The molecule has 2 rings (SSSR count). The summed E-state index contributed by atoms with van der Waals surface area (Å²) in [6.07, 6.45) is 6.85. The van der Waals surface area contributed by atoms with Gasteiger partial charge in [-0.15, -0.1) is 0 Å². The van der Waals surface area contributed by atoms with E-state index in [2.05, 4.69) is 19.2 Å².